The summed E-state index contributed by atoms with van der Waals surface area (Å²) in [5.74, 6) is 2.00. The van der Waals surface area contributed by atoms with Gasteiger partial charge in [0, 0.05) is 18.2 Å². The number of pyridine rings is 1. The zero-order chi connectivity index (χ0) is 16.0. The second-order valence-corrected chi connectivity index (χ2v) is 5.84. The highest BCUT2D eigenvalue weighted by molar-refractivity contribution is 5.69. The summed E-state index contributed by atoms with van der Waals surface area (Å²) >= 11 is 0. The number of aromatic nitrogens is 5. The van der Waals surface area contributed by atoms with Crippen LogP contribution in [-0.4, -0.2) is 24.9 Å². The first-order valence-corrected chi connectivity index (χ1v) is 7.80. The van der Waals surface area contributed by atoms with E-state index in [1.807, 2.05) is 26.0 Å². The minimum Gasteiger partial charge on any atom is -0.383 e. The van der Waals surface area contributed by atoms with Gasteiger partial charge in [0.25, 0.3) is 5.89 Å². The van der Waals surface area contributed by atoms with Crippen LogP contribution in [0.1, 0.15) is 37.1 Å². The van der Waals surface area contributed by atoms with Gasteiger partial charge in [-0.2, -0.15) is 10.1 Å². The molecule has 0 amide bonds. The molecule has 0 saturated heterocycles. The number of nitrogens with zero attached hydrogens (tertiary/aromatic N) is 5. The first kappa shape index (κ1) is 13.9. The van der Waals surface area contributed by atoms with E-state index in [1.165, 1.54) is 12.8 Å². The highest BCUT2D eigenvalue weighted by atomic mass is 16.5. The lowest BCUT2D eigenvalue weighted by Gasteiger charge is -2.04. The second kappa shape index (κ2) is 5.19. The van der Waals surface area contributed by atoms with Crippen LogP contribution < -0.4 is 5.73 Å². The SMILES string of the molecule is CCn1ncc(-c2noc(-c3ccc(C)nc3C3CC3)n2)c1N. The average molecular weight is 310 g/mol. The molecular weight excluding hydrogens is 292 g/mol. The fourth-order valence-electron chi connectivity index (χ4n) is 2.69. The number of hydrogen-bond acceptors (Lipinski definition) is 6. The van der Waals surface area contributed by atoms with Crippen LogP contribution in [0.15, 0.2) is 22.9 Å². The maximum Gasteiger partial charge on any atom is 0.260 e. The van der Waals surface area contributed by atoms with Gasteiger partial charge in [-0.3, -0.25) is 4.98 Å². The molecule has 3 aromatic heterocycles. The fraction of sp³-hybridized carbons (Fsp3) is 0.375. The van der Waals surface area contributed by atoms with Gasteiger partial charge in [-0.15, -0.1) is 0 Å². The molecule has 1 aliphatic carbocycles. The number of rotatable bonds is 4. The Morgan fingerprint density at radius 2 is 2.09 bits per heavy atom. The average Bonchev–Trinajstić information content (AvgIpc) is 3.17. The molecule has 1 fully saturated rings. The van der Waals surface area contributed by atoms with E-state index in [1.54, 1.807) is 10.9 Å². The molecule has 7 heteroatoms. The Morgan fingerprint density at radius 3 is 2.78 bits per heavy atom. The smallest absolute Gasteiger partial charge is 0.260 e. The topological polar surface area (TPSA) is 95.6 Å². The maximum atomic E-state index is 6.07. The van der Waals surface area contributed by atoms with Crippen molar-refractivity contribution >= 4 is 5.82 Å². The van der Waals surface area contributed by atoms with E-state index in [-0.39, 0.29) is 0 Å². The van der Waals surface area contributed by atoms with Crippen LogP contribution in [0.4, 0.5) is 5.82 Å². The normalized spacial score (nSPS) is 14.3. The quantitative estimate of drug-likeness (QED) is 0.796. The Labute approximate surface area is 133 Å². The molecule has 3 heterocycles. The molecule has 0 bridgehead atoms. The summed E-state index contributed by atoms with van der Waals surface area (Å²) in [5.41, 5.74) is 9.73. The van der Waals surface area contributed by atoms with Gasteiger partial charge in [-0.05, 0) is 38.8 Å². The van der Waals surface area contributed by atoms with Crippen molar-refractivity contribution in [2.45, 2.75) is 39.2 Å². The van der Waals surface area contributed by atoms with Crippen molar-refractivity contribution in [3.63, 3.8) is 0 Å². The van der Waals surface area contributed by atoms with Gasteiger partial charge in [0.05, 0.1) is 23.0 Å². The van der Waals surface area contributed by atoms with Crippen LogP contribution in [0.5, 0.6) is 0 Å². The molecule has 0 radical (unpaired) electrons. The van der Waals surface area contributed by atoms with Crippen LogP contribution in [0.25, 0.3) is 22.8 Å². The molecule has 0 aliphatic heterocycles. The molecule has 0 atom stereocenters. The van der Waals surface area contributed by atoms with Crippen LogP contribution in [0, 0.1) is 6.92 Å². The minimum absolute atomic E-state index is 0.458. The maximum absolute atomic E-state index is 6.07. The standard InChI is InChI=1S/C16H18N6O/c1-3-22-14(17)12(8-18-22)15-20-16(23-21-15)11-7-4-9(2)19-13(11)10-5-6-10/h4,7-8,10H,3,5-6,17H2,1-2H3. The molecule has 3 aromatic rings. The zero-order valence-corrected chi connectivity index (χ0v) is 13.2. The molecule has 0 aromatic carbocycles. The number of nitrogens with two attached hydrogens (primary N) is 1. The van der Waals surface area contributed by atoms with E-state index in [0.29, 0.717) is 35.6 Å². The third-order valence-corrected chi connectivity index (χ3v) is 4.11. The predicted molar refractivity (Wildman–Crippen MR) is 85.5 cm³/mol. The van der Waals surface area contributed by atoms with Crippen molar-refractivity contribution in [3.8, 4) is 22.8 Å². The Morgan fingerprint density at radius 1 is 1.26 bits per heavy atom. The molecule has 2 N–H and O–H groups in total. The van der Waals surface area contributed by atoms with Crippen molar-refractivity contribution in [1.29, 1.82) is 0 Å². The van der Waals surface area contributed by atoms with Gasteiger partial charge in [0.15, 0.2) is 0 Å². The Hall–Kier alpha value is -2.70. The predicted octanol–water partition coefficient (Wildman–Crippen LogP) is 2.78. The van der Waals surface area contributed by atoms with Crippen molar-refractivity contribution in [2.24, 2.45) is 0 Å². The zero-order valence-electron chi connectivity index (χ0n) is 13.2. The van der Waals surface area contributed by atoms with E-state index in [2.05, 4.69) is 20.2 Å². The summed E-state index contributed by atoms with van der Waals surface area (Å²) in [4.78, 5) is 9.17. The fourth-order valence-corrected chi connectivity index (χ4v) is 2.69. The first-order valence-electron chi connectivity index (χ1n) is 7.80. The molecule has 0 unspecified atom stereocenters. The van der Waals surface area contributed by atoms with E-state index in [9.17, 15) is 0 Å². The molecule has 118 valence electrons. The molecule has 1 aliphatic rings. The molecule has 1 saturated carbocycles. The Balaban J connectivity index is 1.75. The summed E-state index contributed by atoms with van der Waals surface area (Å²) in [6.45, 7) is 4.67. The van der Waals surface area contributed by atoms with Gasteiger partial charge in [-0.1, -0.05) is 5.16 Å². The van der Waals surface area contributed by atoms with Crippen LogP contribution in [0.2, 0.25) is 0 Å². The minimum atomic E-state index is 0.458. The lowest BCUT2D eigenvalue weighted by atomic mass is 10.1. The monoisotopic (exact) mass is 310 g/mol. The first-order chi connectivity index (χ1) is 11.2. The lowest BCUT2D eigenvalue weighted by molar-refractivity contribution is 0.431. The van der Waals surface area contributed by atoms with Gasteiger partial charge < -0.3 is 10.3 Å². The molecule has 23 heavy (non-hydrogen) atoms. The molecule has 0 spiro atoms. The van der Waals surface area contributed by atoms with Crippen LogP contribution >= 0.6 is 0 Å². The number of aryl methyl sites for hydroxylation is 2. The summed E-state index contributed by atoms with van der Waals surface area (Å²) in [7, 11) is 0. The lowest BCUT2D eigenvalue weighted by Crippen LogP contribution is -2.02. The second-order valence-electron chi connectivity index (χ2n) is 5.84. The summed E-state index contributed by atoms with van der Waals surface area (Å²) < 4.78 is 7.17. The van der Waals surface area contributed by atoms with Gasteiger partial charge in [-0.25, -0.2) is 4.68 Å². The van der Waals surface area contributed by atoms with E-state index in [4.69, 9.17) is 10.3 Å². The van der Waals surface area contributed by atoms with E-state index >= 15 is 0 Å². The molecule has 7 nitrogen and oxygen atoms in total. The highest BCUT2D eigenvalue weighted by Gasteiger charge is 2.30. The Kier molecular flexibility index (Phi) is 3.14. The molecule has 4 rings (SSSR count). The highest BCUT2D eigenvalue weighted by Crippen LogP contribution is 2.43. The van der Waals surface area contributed by atoms with Crippen molar-refractivity contribution in [3.05, 3.63) is 29.7 Å². The third kappa shape index (κ3) is 2.38. The van der Waals surface area contributed by atoms with Gasteiger partial charge in [0.1, 0.15) is 5.82 Å². The largest absolute Gasteiger partial charge is 0.383 e. The van der Waals surface area contributed by atoms with Gasteiger partial charge in [0.2, 0.25) is 5.82 Å². The third-order valence-electron chi connectivity index (χ3n) is 4.11. The van der Waals surface area contributed by atoms with Crippen LogP contribution in [0.3, 0.4) is 0 Å². The number of nitrogen functional groups attached to an aromatic ring is 1. The number of anilines is 1. The summed E-state index contributed by atoms with van der Waals surface area (Å²) in [6, 6.07) is 3.97. The van der Waals surface area contributed by atoms with Crippen molar-refractivity contribution in [1.82, 2.24) is 24.9 Å². The van der Waals surface area contributed by atoms with E-state index in [0.717, 1.165) is 17.0 Å². The summed E-state index contributed by atoms with van der Waals surface area (Å²) in [5, 5.41) is 8.28. The van der Waals surface area contributed by atoms with Crippen molar-refractivity contribution < 1.29 is 4.52 Å². The molecular formula is C16H18N6O. The number of hydrogen-bond donors (Lipinski definition) is 1. The summed E-state index contributed by atoms with van der Waals surface area (Å²) in [6.07, 6.45) is 4.00. The Bertz CT molecular complexity index is 861. The van der Waals surface area contributed by atoms with Crippen LogP contribution in [-0.2, 0) is 6.54 Å². The van der Waals surface area contributed by atoms with Crippen molar-refractivity contribution in [2.75, 3.05) is 5.73 Å². The van der Waals surface area contributed by atoms with Gasteiger partial charge >= 0.3 is 0 Å². The van der Waals surface area contributed by atoms with E-state index < -0.39 is 0 Å².